The third kappa shape index (κ3) is 5.36. The normalized spacial score (nSPS) is 15.2. The van der Waals surface area contributed by atoms with E-state index in [0.717, 1.165) is 0 Å². The SMILES string of the molecule is C=C(O)/C(=C\C=C/C)C(NC(CO)C(=O)O)C(=O)O. The number of rotatable bonds is 8. The van der Waals surface area contributed by atoms with Crippen molar-refractivity contribution in [3.8, 4) is 0 Å². The van der Waals surface area contributed by atoms with Gasteiger partial charge in [-0.2, -0.15) is 0 Å². The lowest BCUT2D eigenvalue weighted by molar-refractivity contribution is -0.142. The van der Waals surface area contributed by atoms with E-state index >= 15 is 0 Å². The predicted octanol–water partition coefficient (Wildman–Crippen LogP) is 0.0489. The molecule has 0 heterocycles. The fraction of sp³-hybridized carbons (Fsp3) is 0.333. The highest BCUT2D eigenvalue weighted by Gasteiger charge is 2.29. The van der Waals surface area contributed by atoms with Crippen molar-refractivity contribution in [1.82, 2.24) is 5.32 Å². The smallest absolute Gasteiger partial charge is 0.325 e. The van der Waals surface area contributed by atoms with E-state index in [4.69, 9.17) is 15.3 Å². The average Bonchev–Trinajstić information content (AvgIpc) is 2.31. The van der Waals surface area contributed by atoms with Crippen LogP contribution in [0.5, 0.6) is 0 Å². The van der Waals surface area contributed by atoms with Gasteiger partial charge in [0, 0.05) is 5.57 Å². The Labute approximate surface area is 110 Å². The molecule has 0 aliphatic rings. The van der Waals surface area contributed by atoms with Crippen LogP contribution in [-0.4, -0.2) is 51.1 Å². The number of aliphatic hydroxyl groups is 2. The van der Waals surface area contributed by atoms with Crippen molar-refractivity contribution >= 4 is 11.9 Å². The monoisotopic (exact) mass is 271 g/mol. The summed E-state index contributed by atoms with van der Waals surface area (Å²) in [4.78, 5) is 21.9. The Morgan fingerprint density at radius 3 is 2.16 bits per heavy atom. The molecule has 0 aromatic rings. The molecule has 0 saturated carbocycles. The lowest BCUT2D eigenvalue weighted by Gasteiger charge is -2.20. The van der Waals surface area contributed by atoms with E-state index in [1.807, 2.05) is 0 Å². The van der Waals surface area contributed by atoms with Crippen molar-refractivity contribution in [3.63, 3.8) is 0 Å². The largest absolute Gasteiger partial charge is 0.508 e. The lowest BCUT2D eigenvalue weighted by Crippen LogP contribution is -2.50. The first-order valence-corrected chi connectivity index (χ1v) is 5.38. The molecule has 19 heavy (non-hydrogen) atoms. The molecule has 106 valence electrons. The van der Waals surface area contributed by atoms with Gasteiger partial charge in [-0.3, -0.25) is 14.9 Å². The molecule has 0 radical (unpaired) electrons. The van der Waals surface area contributed by atoms with E-state index in [9.17, 15) is 14.7 Å². The van der Waals surface area contributed by atoms with Crippen LogP contribution in [0.3, 0.4) is 0 Å². The number of nitrogens with one attached hydrogen (secondary N) is 1. The minimum absolute atomic E-state index is 0.0923. The van der Waals surface area contributed by atoms with Crippen molar-refractivity contribution < 1.29 is 30.0 Å². The van der Waals surface area contributed by atoms with Gasteiger partial charge in [-0.1, -0.05) is 24.8 Å². The maximum atomic E-state index is 11.1. The molecule has 0 aromatic heterocycles. The fourth-order valence-electron chi connectivity index (χ4n) is 1.26. The molecule has 0 saturated heterocycles. The third-order valence-corrected chi connectivity index (χ3v) is 2.21. The quantitative estimate of drug-likeness (QED) is 0.312. The molecule has 0 amide bonds. The summed E-state index contributed by atoms with van der Waals surface area (Å²) in [6, 6.07) is -2.96. The summed E-state index contributed by atoms with van der Waals surface area (Å²) in [6.45, 7) is 4.13. The molecule has 0 rings (SSSR count). The Hall–Kier alpha value is -2.12. The van der Waals surface area contributed by atoms with Crippen molar-refractivity contribution in [2.75, 3.05) is 6.61 Å². The Morgan fingerprint density at radius 1 is 1.26 bits per heavy atom. The zero-order chi connectivity index (χ0) is 15.0. The summed E-state index contributed by atoms with van der Waals surface area (Å²) in [7, 11) is 0. The zero-order valence-electron chi connectivity index (χ0n) is 10.4. The number of carboxylic acid groups (broad SMARTS) is 2. The van der Waals surface area contributed by atoms with Crippen LogP contribution in [0.1, 0.15) is 6.92 Å². The van der Waals surface area contributed by atoms with E-state index in [0.29, 0.717) is 0 Å². The topological polar surface area (TPSA) is 127 Å². The number of aliphatic hydroxyl groups excluding tert-OH is 2. The van der Waals surface area contributed by atoms with Crippen LogP contribution in [0.2, 0.25) is 0 Å². The summed E-state index contributed by atoms with van der Waals surface area (Å²) in [6.07, 6.45) is 4.37. The molecule has 0 bridgehead atoms. The van der Waals surface area contributed by atoms with Crippen LogP contribution in [0.15, 0.2) is 36.1 Å². The van der Waals surface area contributed by atoms with E-state index in [2.05, 4.69) is 11.9 Å². The number of hydrogen-bond donors (Lipinski definition) is 5. The Balaban J connectivity index is 5.33. The van der Waals surface area contributed by atoms with Crippen LogP contribution >= 0.6 is 0 Å². The summed E-state index contributed by atoms with van der Waals surface area (Å²) in [5.74, 6) is -3.30. The van der Waals surface area contributed by atoms with Gasteiger partial charge < -0.3 is 20.4 Å². The molecule has 0 aliphatic heterocycles. The molecule has 5 N–H and O–H groups in total. The highest BCUT2D eigenvalue weighted by atomic mass is 16.4. The Kier molecular flexibility index (Phi) is 7.16. The molecule has 7 nitrogen and oxygen atoms in total. The van der Waals surface area contributed by atoms with Crippen LogP contribution in [0.4, 0.5) is 0 Å². The molecule has 2 unspecified atom stereocenters. The number of allylic oxidation sites excluding steroid dienone is 3. The van der Waals surface area contributed by atoms with Crippen molar-refractivity contribution in [1.29, 1.82) is 0 Å². The maximum absolute atomic E-state index is 11.1. The molecule has 0 spiro atoms. The lowest BCUT2D eigenvalue weighted by atomic mass is 10.0. The maximum Gasteiger partial charge on any atom is 0.325 e. The number of aliphatic carboxylic acids is 2. The summed E-state index contributed by atoms with van der Waals surface area (Å²) < 4.78 is 0. The first-order valence-electron chi connectivity index (χ1n) is 5.38. The van der Waals surface area contributed by atoms with Gasteiger partial charge in [0.25, 0.3) is 0 Å². The summed E-state index contributed by atoms with van der Waals surface area (Å²) >= 11 is 0. The Bertz CT molecular complexity index is 412. The molecular weight excluding hydrogens is 254 g/mol. The van der Waals surface area contributed by atoms with E-state index in [1.165, 1.54) is 12.2 Å². The minimum atomic E-state index is -1.50. The van der Waals surface area contributed by atoms with Gasteiger partial charge in [0.15, 0.2) is 0 Å². The second-order valence-corrected chi connectivity index (χ2v) is 3.61. The zero-order valence-corrected chi connectivity index (χ0v) is 10.4. The average molecular weight is 271 g/mol. The third-order valence-electron chi connectivity index (χ3n) is 2.21. The molecule has 0 aromatic carbocycles. The number of hydrogen-bond acceptors (Lipinski definition) is 5. The fourth-order valence-corrected chi connectivity index (χ4v) is 1.26. The molecule has 7 heteroatoms. The number of carbonyl (C=O) groups is 2. The molecule has 2 atom stereocenters. The highest BCUT2D eigenvalue weighted by molar-refractivity contribution is 5.81. The highest BCUT2D eigenvalue weighted by Crippen LogP contribution is 2.12. The summed E-state index contributed by atoms with van der Waals surface area (Å²) in [5, 5.41) is 38.3. The van der Waals surface area contributed by atoms with Gasteiger partial charge in [0.2, 0.25) is 0 Å². The molecular formula is C12H17NO6. The second-order valence-electron chi connectivity index (χ2n) is 3.61. The first-order chi connectivity index (χ1) is 8.84. The molecule has 0 fully saturated rings. The van der Waals surface area contributed by atoms with Gasteiger partial charge in [-0.05, 0) is 6.92 Å². The van der Waals surface area contributed by atoms with Crippen LogP contribution in [0.25, 0.3) is 0 Å². The van der Waals surface area contributed by atoms with Crippen molar-refractivity contribution in [3.05, 3.63) is 36.1 Å². The van der Waals surface area contributed by atoms with Gasteiger partial charge >= 0.3 is 11.9 Å². The van der Waals surface area contributed by atoms with Gasteiger partial charge in [-0.25, -0.2) is 0 Å². The van der Waals surface area contributed by atoms with Crippen LogP contribution < -0.4 is 5.32 Å². The minimum Gasteiger partial charge on any atom is -0.508 e. The second kappa shape index (κ2) is 8.06. The van der Waals surface area contributed by atoms with E-state index in [-0.39, 0.29) is 5.57 Å². The first kappa shape index (κ1) is 16.9. The van der Waals surface area contributed by atoms with Crippen molar-refractivity contribution in [2.45, 2.75) is 19.0 Å². The molecule has 0 aliphatic carbocycles. The van der Waals surface area contributed by atoms with Crippen molar-refractivity contribution in [2.24, 2.45) is 0 Å². The van der Waals surface area contributed by atoms with Crippen LogP contribution in [-0.2, 0) is 9.59 Å². The van der Waals surface area contributed by atoms with Gasteiger partial charge in [0.1, 0.15) is 17.8 Å². The van der Waals surface area contributed by atoms with E-state index in [1.54, 1.807) is 13.0 Å². The van der Waals surface area contributed by atoms with E-state index < -0.39 is 36.4 Å². The predicted molar refractivity (Wildman–Crippen MR) is 67.7 cm³/mol. The summed E-state index contributed by atoms with van der Waals surface area (Å²) in [5.41, 5.74) is -0.0923. The standard InChI is InChI=1S/C12H17NO6/c1-3-4-5-8(7(2)15)10(12(18)19)13-9(6-14)11(16)17/h3-5,9-10,13-15H,2,6H2,1H3,(H,16,17)(H,18,19)/b4-3-,8-5+. The van der Waals surface area contributed by atoms with Gasteiger partial charge in [0.05, 0.1) is 6.61 Å². The van der Waals surface area contributed by atoms with Crippen LogP contribution in [0, 0.1) is 0 Å². The van der Waals surface area contributed by atoms with Gasteiger partial charge in [-0.15, -0.1) is 0 Å². The number of carboxylic acids is 2. The Morgan fingerprint density at radius 2 is 1.84 bits per heavy atom.